The van der Waals surface area contributed by atoms with Gasteiger partial charge in [0.1, 0.15) is 0 Å². The molecule has 132 valence electrons. The fourth-order valence-electron chi connectivity index (χ4n) is 2.54. The van der Waals surface area contributed by atoms with E-state index in [1.54, 1.807) is 24.3 Å². The molecule has 2 N–H and O–H groups in total. The maximum Gasteiger partial charge on any atom is 0.275 e. The second-order valence-electron chi connectivity index (χ2n) is 5.68. The van der Waals surface area contributed by atoms with Crippen LogP contribution >= 0.6 is 15.9 Å². The van der Waals surface area contributed by atoms with Crippen LogP contribution in [0, 0.1) is 0 Å². The zero-order valence-electron chi connectivity index (χ0n) is 12.8. The Hall–Kier alpha value is -2.20. The van der Waals surface area contributed by atoms with Crippen molar-refractivity contribution in [3.8, 4) is 11.4 Å². The molecule has 1 aromatic carbocycles. The summed E-state index contributed by atoms with van der Waals surface area (Å²) < 4.78 is 24.7. The fraction of sp³-hybridized carbons (Fsp3) is 0.267. The highest BCUT2D eigenvalue weighted by molar-refractivity contribution is 9.10. The van der Waals surface area contributed by atoms with Crippen molar-refractivity contribution in [3.63, 3.8) is 0 Å². The SMILES string of the molecule is O=C(NC1CCS(=O)(=O)C1)c1nn(-c2ccc(Br)cc2)c(=O)cc1O. The number of halogens is 1. The van der Waals surface area contributed by atoms with E-state index in [0.717, 1.165) is 15.2 Å². The number of carbonyl (C=O) groups excluding carboxylic acids is 1. The molecule has 0 saturated carbocycles. The van der Waals surface area contributed by atoms with Gasteiger partial charge in [-0.2, -0.15) is 9.78 Å². The van der Waals surface area contributed by atoms with Crippen LogP contribution in [0.3, 0.4) is 0 Å². The third-order valence-corrected chi connectivity index (χ3v) is 6.06. The first-order valence-corrected chi connectivity index (χ1v) is 9.97. The molecule has 1 amide bonds. The van der Waals surface area contributed by atoms with E-state index in [0.29, 0.717) is 12.1 Å². The van der Waals surface area contributed by atoms with Crippen LogP contribution in [0.5, 0.6) is 5.75 Å². The first-order valence-electron chi connectivity index (χ1n) is 7.36. The van der Waals surface area contributed by atoms with Gasteiger partial charge in [-0.3, -0.25) is 9.59 Å². The Balaban J connectivity index is 1.91. The minimum absolute atomic E-state index is 0.00967. The van der Waals surface area contributed by atoms with Crippen molar-refractivity contribution in [2.24, 2.45) is 0 Å². The summed E-state index contributed by atoms with van der Waals surface area (Å²) >= 11 is 3.28. The molecule has 1 aliphatic rings. The molecule has 10 heteroatoms. The van der Waals surface area contributed by atoms with E-state index in [-0.39, 0.29) is 17.2 Å². The van der Waals surface area contributed by atoms with Crippen LogP contribution in [0.2, 0.25) is 0 Å². The van der Waals surface area contributed by atoms with Crippen molar-refractivity contribution in [2.75, 3.05) is 11.5 Å². The third kappa shape index (κ3) is 3.90. The molecule has 1 saturated heterocycles. The molecule has 0 bridgehead atoms. The summed E-state index contributed by atoms with van der Waals surface area (Å²) in [7, 11) is -3.15. The standard InChI is InChI=1S/C15H14BrN3O5S/c16-9-1-3-11(4-2-9)19-13(21)7-12(20)14(18-19)15(22)17-10-5-6-25(23,24)8-10/h1-4,7,10,20H,5-6,8H2,(H,17,22). The minimum Gasteiger partial charge on any atom is -0.505 e. The number of sulfone groups is 1. The Morgan fingerprint density at radius 2 is 2.00 bits per heavy atom. The lowest BCUT2D eigenvalue weighted by Crippen LogP contribution is -2.37. The molecule has 1 fully saturated rings. The number of benzene rings is 1. The second kappa shape index (κ2) is 6.60. The lowest BCUT2D eigenvalue weighted by Gasteiger charge is -2.12. The number of hydrogen-bond donors (Lipinski definition) is 2. The number of hydrogen-bond acceptors (Lipinski definition) is 6. The monoisotopic (exact) mass is 427 g/mol. The van der Waals surface area contributed by atoms with Crippen molar-refractivity contribution in [1.82, 2.24) is 15.1 Å². The zero-order chi connectivity index (χ0) is 18.2. The van der Waals surface area contributed by atoms with Gasteiger partial charge < -0.3 is 10.4 Å². The Labute approximate surface area is 151 Å². The summed E-state index contributed by atoms with van der Waals surface area (Å²) in [5.41, 5.74) is -0.516. The van der Waals surface area contributed by atoms with Crippen LogP contribution in [0.25, 0.3) is 5.69 Å². The van der Waals surface area contributed by atoms with E-state index in [4.69, 9.17) is 0 Å². The van der Waals surface area contributed by atoms with Crippen LogP contribution in [0.15, 0.2) is 39.6 Å². The van der Waals surface area contributed by atoms with E-state index in [1.165, 1.54) is 0 Å². The summed E-state index contributed by atoms with van der Waals surface area (Å²) in [5.74, 6) is -1.43. The summed E-state index contributed by atoms with van der Waals surface area (Å²) in [5, 5.41) is 16.4. The van der Waals surface area contributed by atoms with E-state index in [2.05, 4.69) is 26.3 Å². The van der Waals surface area contributed by atoms with Gasteiger partial charge in [-0.25, -0.2) is 8.42 Å². The Morgan fingerprint density at radius 3 is 2.60 bits per heavy atom. The van der Waals surface area contributed by atoms with Gasteiger partial charge in [-0.1, -0.05) is 15.9 Å². The Morgan fingerprint density at radius 1 is 1.32 bits per heavy atom. The van der Waals surface area contributed by atoms with E-state index in [1.807, 2.05) is 0 Å². The molecule has 3 rings (SSSR count). The van der Waals surface area contributed by atoms with Gasteiger partial charge in [-0.15, -0.1) is 0 Å². The number of amides is 1. The molecule has 0 radical (unpaired) electrons. The molecule has 25 heavy (non-hydrogen) atoms. The van der Waals surface area contributed by atoms with Gasteiger partial charge in [0.15, 0.2) is 21.3 Å². The summed E-state index contributed by atoms with van der Waals surface area (Å²) in [6, 6.07) is 7.03. The van der Waals surface area contributed by atoms with Crippen LogP contribution in [-0.2, 0) is 9.84 Å². The normalized spacial score (nSPS) is 18.8. The fourth-order valence-corrected chi connectivity index (χ4v) is 4.48. The van der Waals surface area contributed by atoms with Gasteiger partial charge in [0, 0.05) is 16.6 Å². The lowest BCUT2D eigenvalue weighted by molar-refractivity contribution is 0.0931. The van der Waals surface area contributed by atoms with Crippen LogP contribution in [0.4, 0.5) is 0 Å². The molecule has 1 aromatic heterocycles. The second-order valence-corrected chi connectivity index (χ2v) is 8.82. The largest absolute Gasteiger partial charge is 0.505 e. The topological polar surface area (TPSA) is 118 Å². The van der Waals surface area contributed by atoms with E-state index in [9.17, 15) is 23.1 Å². The van der Waals surface area contributed by atoms with Crippen LogP contribution in [-0.4, -0.2) is 46.8 Å². The third-order valence-electron chi connectivity index (χ3n) is 3.77. The van der Waals surface area contributed by atoms with Gasteiger partial charge in [-0.05, 0) is 30.7 Å². The highest BCUT2D eigenvalue weighted by Gasteiger charge is 2.30. The van der Waals surface area contributed by atoms with E-state index >= 15 is 0 Å². The minimum atomic E-state index is -3.15. The number of carbonyl (C=O) groups is 1. The van der Waals surface area contributed by atoms with Crippen molar-refractivity contribution >= 4 is 31.7 Å². The maximum atomic E-state index is 12.3. The van der Waals surface area contributed by atoms with Crippen molar-refractivity contribution in [3.05, 3.63) is 50.9 Å². The Bertz CT molecular complexity index is 985. The number of nitrogens with zero attached hydrogens (tertiary/aromatic N) is 2. The van der Waals surface area contributed by atoms with Crippen LogP contribution in [0.1, 0.15) is 16.9 Å². The zero-order valence-corrected chi connectivity index (χ0v) is 15.2. The van der Waals surface area contributed by atoms with Gasteiger partial charge in [0.05, 0.1) is 17.2 Å². The van der Waals surface area contributed by atoms with Crippen molar-refractivity contribution < 1.29 is 18.3 Å². The molecule has 0 spiro atoms. The van der Waals surface area contributed by atoms with Gasteiger partial charge in [0.25, 0.3) is 11.5 Å². The summed E-state index contributed by atoms with van der Waals surface area (Å²) in [6.07, 6.45) is 0.307. The lowest BCUT2D eigenvalue weighted by atomic mass is 10.2. The number of aromatic hydroxyl groups is 1. The predicted molar refractivity (Wildman–Crippen MR) is 93.7 cm³/mol. The molecule has 1 atom stereocenters. The summed E-state index contributed by atoms with van der Waals surface area (Å²) in [6.45, 7) is 0. The number of aromatic nitrogens is 2. The quantitative estimate of drug-likeness (QED) is 0.740. The number of rotatable bonds is 3. The van der Waals surface area contributed by atoms with Gasteiger partial charge in [0.2, 0.25) is 0 Å². The molecule has 2 aromatic rings. The molecule has 1 aliphatic heterocycles. The molecule has 2 heterocycles. The van der Waals surface area contributed by atoms with Gasteiger partial charge >= 0.3 is 0 Å². The highest BCUT2D eigenvalue weighted by Crippen LogP contribution is 2.17. The molecular formula is C15H14BrN3O5S. The average molecular weight is 428 g/mol. The molecule has 1 unspecified atom stereocenters. The first-order chi connectivity index (χ1) is 11.7. The molecule has 0 aliphatic carbocycles. The van der Waals surface area contributed by atoms with Crippen LogP contribution < -0.4 is 10.9 Å². The highest BCUT2D eigenvalue weighted by atomic mass is 79.9. The van der Waals surface area contributed by atoms with Crippen molar-refractivity contribution in [2.45, 2.75) is 12.5 Å². The molecule has 8 nitrogen and oxygen atoms in total. The smallest absolute Gasteiger partial charge is 0.275 e. The molecular weight excluding hydrogens is 414 g/mol. The summed E-state index contributed by atoms with van der Waals surface area (Å²) in [4.78, 5) is 24.4. The Kier molecular flexibility index (Phi) is 4.65. The number of nitrogens with one attached hydrogen (secondary N) is 1. The average Bonchev–Trinajstić information content (AvgIpc) is 2.87. The van der Waals surface area contributed by atoms with Crippen molar-refractivity contribution in [1.29, 1.82) is 0 Å². The first kappa shape index (κ1) is 17.6. The predicted octanol–water partition coefficient (Wildman–Crippen LogP) is 0.618. The maximum absolute atomic E-state index is 12.3. The van der Waals surface area contributed by atoms with E-state index < -0.39 is 33.1 Å².